The topological polar surface area (TPSA) is 98.4 Å². The number of hydrogen-bond donors (Lipinski definition) is 1. The molecule has 0 unspecified atom stereocenters. The minimum Gasteiger partial charge on any atom is -0.788 e. The molecule has 0 aliphatic rings. The Hall–Kier alpha value is 0.693. The second kappa shape index (κ2) is 3.67. The van der Waals surface area contributed by atoms with E-state index in [2.05, 4.69) is 10.5 Å². The Labute approximate surface area is 52.8 Å². The average molecular weight is 176 g/mol. The van der Waals surface area contributed by atoms with Gasteiger partial charge in [-0.1, -0.05) is 0 Å². The zero-order chi connectivity index (χ0) is 5.21. The summed E-state index contributed by atoms with van der Waals surface area (Å²) in [7, 11) is -4.87. The second-order valence-electron chi connectivity index (χ2n) is 0.553. The third-order valence-electron chi connectivity index (χ3n) is 0.129. The van der Waals surface area contributed by atoms with Crippen LogP contribution < -0.4 is 15.7 Å². The maximum Gasteiger partial charge on any atom is 2.00 e. The molecule has 0 aliphatic carbocycles. The molecule has 0 aromatic carbocycles. The predicted molar refractivity (Wildman–Crippen MR) is 12.9 cm³/mol. The van der Waals surface area contributed by atoms with E-state index in [-0.39, 0.29) is 19.5 Å². The summed E-state index contributed by atoms with van der Waals surface area (Å²) in [6.45, 7) is 0. The van der Waals surface area contributed by atoms with Gasteiger partial charge >= 0.3 is 19.5 Å². The Kier molecular flexibility index (Phi) is 5.57. The van der Waals surface area contributed by atoms with Gasteiger partial charge in [0.1, 0.15) is 0 Å². The van der Waals surface area contributed by atoms with Crippen molar-refractivity contribution in [1.29, 1.82) is 0 Å². The molecular formula is H2NO4PZn. The van der Waals surface area contributed by atoms with Crippen LogP contribution in [0, 0.1) is 0 Å². The van der Waals surface area contributed by atoms with Gasteiger partial charge in [0.15, 0.2) is 0 Å². The van der Waals surface area contributed by atoms with Gasteiger partial charge in [0.25, 0.3) is 0 Å². The van der Waals surface area contributed by atoms with Gasteiger partial charge in [0.05, 0.1) is 7.82 Å². The first-order chi connectivity index (χ1) is 2.56. The molecule has 0 bridgehead atoms. The molecule has 0 rings (SSSR count). The number of nitrogens with two attached hydrogens (primary N) is 1. The van der Waals surface area contributed by atoms with E-state index in [1.54, 1.807) is 0 Å². The van der Waals surface area contributed by atoms with E-state index in [9.17, 15) is 0 Å². The van der Waals surface area contributed by atoms with Crippen LogP contribution in [-0.2, 0) is 28.7 Å². The Morgan fingerprint density at radius 3 is 1.71 bits per heavy atom. The quantitative estimate of drug-likeness (QED) is 0.275. The van der Waals surface area contributed by atoms with Gasteiger partial charge in [-0.3, -0.25) is 4.62 Å². The standard InChI is InChI=1S/H4NO4P.Zn/c1-5-6(2,3)4;/h1H2,(H2,2,3,4);/q;+2/p-2. The Morgan fingerprint density at radius 1 is 1.57 bits per heavy atom. The molecule has 0 aliphatic heterocycles. The molecule has 0 saturated carbocycles. The van der Waals surface area contributed by atoms with Crippen molar-refractivity contribution in [3.05, 3.63) is 0 Å². The second-order valence-corrected chi connectivity index (χ2v) is 1.66. The number of hydrogen-bond acceptors (Lipinski definition) is 5. The molecule has 7 heteroatoms. The van der Waals surface area contributed by atoms with Crippen LogP contribution in [0.1, 0.15) is 0 Å². The molecule has 0 aromatic rings. The van der Waals surface area contributed by atoms with Crippen molar-refractivity contribution in [3.63, 3.8) is 0 Å². The van der Waals surface area contributed by atoms with Gasteiger partial charge in [0, 0.05) is 0 Å². The van der Waals surface area contributed by atoms with Crippen LogP contribution in [0.3, 0.4) is 0 Å². The van der Waals surface area contributed by atoms with Crippen molar-refractivity contribution < 1.29 is 38.5 Å². The third-order valence-corrected chi connectivity index (χ3v) is 0.387. The van der Waals surface area contributed by atoms with Crippen molar-refractivity contribution in [1.82, 2.24) is 0 Å². The molecule has 0 saturated heterocycles. The Balaban J connectivity index is 0. The van der Waals surface area contributed by atoms with Gasteiger partial charge in [-0.2, -0.15) is 0 Å². The third kappa shape index (κ3) is 10.8. The summed E-state index contributed by atoms with van der Waals surface area (Å²) in [5.74, 6) is 3.92. The minimum atomic E-state index is -4.87. The molecule has 0 heterocycles. The van der Waals surface area contributed by atoms with Crippen molar-refractivity contribution in [2.24, 2.45) is 5.90 Å². The summed E-state index contributed by atoms with van der Waals surface area (Å²) in [6, 6.07) is 0. The number of rotatable bonds is 1. The summed E-state index contributed by atoms with van der Waals surface area (Å²) in [5, 5.41) is 0. The van der Waals surface area contributed by atoms with Crippen LogP contribution in [0.5, 0.6) is 0 Å². The summed E-state index contributed by atoms with van der Waals surface area (Å²) < 4.78 is 12.0. The molecule has 38 valence electrons. The van der Waals surface area contributed by atoms with Crippen molar-refractivity contribution in [2.45, 2.75) is 0 Å². The fourth-order valence-corrected chi connectivity index (χ4v) is 0. The van der Waals surface area contributed by atoms with E-state index in [0.717, 1.165) is 0 Å². The molecule has 0 spiro atoms. The van der Waals surface area contributed by atoms with E-state index in [1.165, 1.54) is 0 Å². The van der Waals surface area contributed by atoms with E-state index in [1.807, 2.05) is 0 Å². The SMILES string of the molecule is NOP(=O)([O-])[O-].[Zn+2]. The summed E-state index contributed by atoms with van der Waals surface area (Å²) >= 11 is 0. The normalized spacial score (nSPS) is 10.1. The van der Waals surface area contributed by atoms with Crippen LogP contribution in [0.2, 0.25) is 0 Å². The average Bonchev–Trinajstić information content (AvgIpc) is 1.35. The van der Waals surface area contributed by atoms with Gasteiger partial charge < -0.3 is 14.4 Å². The van der Waals surface area contributed by atoms with Gasteiger partial charge in [-0.05, 0) is 0 Å². The van der Waals surface area contributed by atoms with Crippen LogP contribution in [0.15, 0.2) is 0 Å². The predicted octanol–water partition coefficient (Wildman–Crippen LogP) is -2.30. The van der Waals surface area contributed by atoms with Crippen LogP contribution in [0.4, 0.5) is 0 Å². The molecule has 7 heavy (non-hydrogen) atoms. The molecule has 5 nitrogen and oxygen atoms in total. The van der Waals surface area contributed by atoms with E-state index >= 15 is 0 Å². The summed E-state index contributed by atoms with van der Waals surface area (Å²) in [5.41, 5.74) is 0. The molecule has 0 fully saturated rings. The van der Waals surface area contributed by atoms with Gasteiger partial charge in [-0.25, -0.2) is 5.90 Å². The number of phosphoric acid groups is 1. The van der Waals surface area contributed by atoms with E-state index in [4.69, 9.17) is 14.4 Å². The summed E-state index contributed by atoms with van der Waals surface area (Å²) in [4.78, 5) is 18.2. The van der Waals surface area contributed by atoms with Crippen molar-refractivity contribution in [3.8, 4) is 0 Å². The fraction of sp³-hybridized carbons (Fsp3) is 0. The first kappa shape index (κ1) is 10.6. The van der Waals surface area contributed by atoms with Gasteiger partial charge in [-0.15, -0.1) is 0 Å². The fourth-order valence-electron chi connectivity index (χ4n) is 0. The maximum atomic E-state index is 9.12. The van der Waals surface area contributed by atoms with Gasteiger partial charge in [0.2, 0.25) is 0 Å². The smallest absolute Gasteiger partial charge is 0.788 e. The summed E-state index contributed by atoms with van der Waals surface area (Å²) in [6.07, 6.45) is 0. The van der Waals surface area contributed by atoms with Crippen LogP contribution in [-0.4, -0.2) is 0 Å². The molecule has 0 radical (unpaired) electrons. The first-order valence-corrected chi connectivity index (χ1v) is 2.43. The van der Waals surface area contributed by atoms with E-state index in [0.29, 0.717) is 0 Å². The Morgan fingerprint density at radius 2 is 1.71 bits per heavy atom. The molecule has 0 atom stereocenters. The zero-order valence-electron chi connectivity index (χ0n) is 3.36. The van der Waals surface area contributed by atoms with E-state index < -0.39 is 7.82 Å². The molecule has 0 amide bonds. The minimum absolute atomic E-state index is 0. The monoisotopic (exact) mass is 175 g/mol. The van der Waals surface area contributed by atoms with Crippen molar-refractivity contribution >= 4 is 7.82 Å². The first-order valence-electron chi connectivity index (χ1n) is 0.966. The van der Waals surface area contributed by atoms with Crippen LogP contribution in [0.25, 0.3) is 0 Å². The molecule has 2 N–H and O–H groups in total. The van der Waals surface area contributed by atoms with Crippen molar-refractivity contribution in [2.75, 3.05) is 0 Å². The molecule has 0 aromatic heterocycles. The maximum absolute atomic E-state index is 9.12. The largest absolute Gasteiger partial charge is 2.00 e. The Bertz CT molecular complexity index is 75.8. The molecular weight excluding hydrogens is 174 g/mol. The zero-order valence-corrected chi connectivity index (χ0v) is 7.23. The van der Waals surface area contributed by atoms with Crippen LogP contribution >= 0.6 is 7.82 Å².